The van der Waals surface area contributed by atoms with E-state index in [-0.39, 0.29) is 12.5 Å². The number of aliphatic carboxylic acids is 1. The van der Waals surface area contributed by atoms with Gasteiger partial charge in [-0.2, -0.15) is 0 Å². The Morgan fingerprint density at radius 3 is 1.76 bits per heavy atom. The van der Waals surface area contributed by atoms with E-state index < -0.39 is 43.3 Å². The molecule has 0 bridgehead atoms. The highest BCUT2D eigenvalue weighted by atomic mass is 16.7. The average molecular weight is 491 g/mol. The molecule has 0 spiro atoms. The van der Waals surface area contributed by atoms with Gasteiger partial charge in [0, 0.05) is 6.42 Å². The fraction of sp³-hybridized carbons (Fsp3) is 0.962. The summed E-state index contributed by atoms with van der Waals surface area (Å²) in [5.41, 5.74) is 0. The third-order valence-corrected chi connectivity index (χ3v) is 6.72. The molecule has 1 heterocycles. The van der Waals surface area contributed by atoms with Gasteiger partial charge in [0.1, 0.15) is 24.4 Å². The SMILES string of the molecule is CCCCCCCCCCCCCCC(CCCCC(=O)O)OC1OC(CO)C(O)C(O)C1O. The van der Waals surface area contributed by atoms with Crippen molar-refractivity contribution in [3.8, 4) is 0 Å². The van der Waals surface area contributed by atoms with Crippen LogP contribution in [0.15, 0.2) is 0 Å². The molecule has 0 saturated carbocycles. The van der Waals surface area contributed by atoms with Crippen molar-refractivity contribution in [3.05, 3.63) is 0 Å². The van der Waals surface area contributed by atoms with E-state index in [4.69, 9.17) is 14.6 Å². The number of carboxylic acids is 1. The Balaban J connectivity index is 2.34. The van der Waals surface area contributed by atoms with Crippen molar-refractivity contribution in [2.45, 2.75) is 153 Å². The second-order valence-corrected chi connectivity index (χ2v) is 9.77. The quantitative estimate of drug-likeness (QED) is 0.153. The molecule has 8 nitrogen and oxygen atoms in total. The summed E-state index contributed by atoms with van der Waals surface area (Å²) < 4.78 is 11.5. The van der Waals surface area contributed by atoms with Crippen molar-refractivity contribution < 1.29 is 39.8 Å². The van der Waals surface area contributed by atoms with Gasteiger partial charge in [-0.1, -0.05) is 90.4 Å². The van der Waals surface area contributed by atoms with Crippen molar-refractivity contribution in [3.63, 3.8) is 0 Å². The summed E-state index contributed by atoms with van der Waals surface area (Å²) in [5.74, 6) is -0.827. The number of aliphatic hydroxyl groups is 4. The molecule has 202 valence electrons. The number of carbonyl (C=O) groups is 1. The number of hydrogen-bond donors (Lipinski definition) is 5. The van der Waals surface area contributed by atoms with Crippen LogP contribution in [-0.2, 0) is 14.3 Å². The molecule has 6 unspecified atom stereocenters. The van der Waals surface area contributed by atoms with Gasteiger partial charge < -0.3 is 35.0 Å². The first-order valence-corrected chi connectivity index (χ1v) is 13.6. The first-order valence-electron chi connectivity index (χ1n) is 13.6. The number of unbranched alkanes of at least 4 members (excludes halogenated alkanes) is 12. The Bertz CT molecular complexity index is 501. The molecule has 6 atom stereocenters. The van der Waals surface area contributed by atoms with Crippen LogP contribution < -0.4 is 0 Å². The zero-order valence-electron chi connectivity index (χ0n) is 21.2. The first-order chi connectivity index (χ1) is 16.4. The van der Waals surface area contributed by atoms with Crippen LogP contribution in [0.3, 0.4) is 0 Å². The Hall–Kier alpha value is -0.770. The van der Waals surface area contributed by atoms with Crippen LogP contribution in [0.1, 0.15) is 116 Å². The molecule has 0 amide bonds. The van der Waals surface area contributed by atoms with Gasteiger partial charge in [-0.15, -0.1) is 0 Å². The number of rotatable bonds is 21. The lowest BCUT2D eigenvalue weighted by Crippen LogP contribution is -2.59. The molecule has 1 aliphatic heterocycles. The number of hydrogen-bond acceptors (Lipinski definition) is 7. The minimum atomic E-state index is -1.46. The van der Waals surface area contributed by atoms with Gasteiger partial charge >= 0.3 is 5.97 Å². The molecule has 1 fully saturated rings. The number of ether oxygens (including phenoxy) is 2. The summed E-state index contributed by atoms with van der Waals surface area (Å²) in [4.78, 5) is 10.8. The predicted octanol–water partition coefficient (Wildman–Crippen LogP) is 3.91. The average Bonchev–Trinajstić information content (AvgIpc) is 2.82. The lowest BCUT2D eigenvalue weighted by atomic mass is 9.98. The largest absolute Gasteiger partial charge is 0.481 e. The summed E-state index contributed by atoms with van der Waals surface area (Å²) in [6.45, 7) is 1.75. The zero-order chi connectivity index (χ0) is 25.2. The molecule has 34 heavy (non-hydrogen) atoms. The monoisotopic (exact) mass is 490 g/mol. The normalized spacial score (nSPS) is 26.0. The van der Waals surface area contributed by atoms with Crippen LogP contribution in [0, 0.1) is 0 Å². The first kappa shape index (κ1) is 31.3. The number of aliphatic hydroxyl groups excluding tert-OH is 4. The minimum absolute atomic E-state index is 0.103. The Morgan fingerprint density at radius 2 is 1.26 bits per heavy atom. The van der Waals surface area contributed by atoms with Crippen molar-refractivity contribution >= 4 is 5.97 Å². The molecule has 0 aromatic carbocycles. The topological polar surface area (TPSA) is 137 Å². The molecule has 1 aliphatic rings. The second kappa shape index (κ2) is 19.4. The minimum Gasteiger partial charge on any atom is -0.481 e. The van der Waals surface area contributed by atoms with E-state index in [0.717, 1.165) is 19.3 Å². The van der Waals surface area contributed by atoms with E-state index in [9.17, 15) is 25.2 Å². The maximum atomic E-state index is 10.8. The third-order valence-electron chi connectivity index (χ3n) is 6.72. The molecule has 0 aromatic heterocycles. The molecule has 1 saturated heterocycles. The van der Waals surface area contributed by atoms with E-state index in [2.05, 4.69) is 6.92 Å². The maximum absolute atomic E-state index is 10.8. The highest BCUT2D eigenvalue weighted by Gasteiger charge is 2.44. The highest BCUT2D eigenvalue weighted by molar-refractivity contribution is 5.66. The fourth-order valence-electron chi connectivity index (χ4n) is 4.51. The van der Waals surface area contributed by atoms with Crippen LogP contribution in [-0.4, -0.2) is 74.9 Å². The van der Waals surface area contributed by atoms with E-state index in [1.165, 1.54) is 64.2 Å². The van der Waals surface area contributed by atoms with E-state index >= 15 is 0 Å². The second-order valence-electron chi connectivity index (χ2n) is 9.77. The Morgan fingerprint density at radius 1 is 0.765 bits per heavy atom. The van der Waals surface area contributed by atoms with Crippen LogP contribution in [0.2, 0.25) is 0 Å². The van der Waals surface area contributed by atoms with Crippen molar-refractivity contribution in [1.29, 1.82) is 0 Å². The summed E-state index contributed by atoms with van der Waals surface area (Å²) >= 11 is 0. The highest BCUT2D eigenvalue weighted by Crippen LogP contribution is 2.26. The van der Waals surface area contributed by atoms with Crippen LogP contribution in [0.4, 0.5) is 0 Å². The number of carboxylic acid groups (broad SMARTS) is 1. The molecule has 0 aromatic rings. The summed E-state index contributed by atoms with van der Waals surface area (Å²) in [6.07, 6.45) is 11.1. The lowest BCUT2D eigenvalue weighted by Gasteiger charge is -2.41. The molecule has 0 aliphatic carbocycles. The van der Waals surface area contributed by atoms with Crippen LogP contribution in [0.5, 0.6) is 0 Å². The van der Waals surface area contributed by atoms with E-state index in [1.807, 2.05) is 0 Å². The van der Waals surface area contributed by atoms with Crippen LogP contribution >= 0.6 is 0 Å². The summed E-state index contributed by atoms with van der Waals surface area (Å²) in [5, 5.41) is 48.5. The maximum Gasteiger partial charge on any atom is 0.303 e. The van der Waals surface area contributed by atoms with Crippen molar-refractivity contribution in [2.75, 3.05) is 6.61 Å². The zero-order valence-corrected chi connectivity index (χ0v) is 21.2. The Kier molecular flexibility index (Phi) is 17.9. The van der Waals surface area contributed by atoms with Crippen molar-refractivity contribution in [1.82, 2.24) is 0 Å². The van der Waals surface area contributed by atoms with Crippen molar-refractivity contribution in [2.24, 2.45) is 0 Å². The smallest absolute Gasteiger partial charge is 0.303 e. The lowest BCUT2D eigenvalue weighted by molar-refractivity contribution is -0.312. The standard InChI is InChI=1S/C26H50O8/c1-2-3-4-5-6-7-8-9-10-11-12-13-16-20(17-14-15-18-22(28)29)33-26-25(32)24(31)23(30)21(19-27)34-26/h20-21,23-27,30-32H,2-19H2,1H3,(H,28,29). The van der Waals surface area contributed by atoms with Gasteiger partial charge in [-0.3, -0.25) is 4.79 Å². The predicted molar refractivity (Wildman–Crippen MR) is 130 cm³/mol. The molecular formula is C26H50O8. The fourth-order valence-corrected chi connectivity index (χ4v) is 4.51. The Labute approximate surface area is 205 Å². The molecule has 5 N–H and O–H groups in total. The van der Waals surface area contributed by atoms with Gasteiger partial charge in [-0.25, -0.2) is 0 Å². The van der Waals surface area contributed by atoms with Gasteiger partial charge in [0.05, 0.1) is 12.7 Å². The van der Waals surface area contributed by atoms with E-state index in [1.54, 1.807) is 0 Å². The molecule has 1 rings (SSSR count). The van der Waals surface area contributed by atoms with Gasteiger partial charge in [0.15, 0.2) is 6.29 Å². The van der Waals surface area contributed by atoms with Gasteiger partial charge in [0.2, 0.25) is 0 Å². The third kappa shape index (κ3) is 13.4. The molecule has 0 radical (unpaired) electrons. The summed E-state index contributed by atoms with van der Waals surface area (Å²) in [6, 6.07) is 0. The molecule has 8 heteroatoms. The van der Waals surface area contributed by atoms with Gasteiger partial charge in [0.25, 0.3) is 0 Å². The molecular weight excluding hydrogens is 440 g/mol. The summed E-state index contributed by atoms with van der Waals surface area (Å²) in [7, 11) is 0. The van der Waals surface area contributed by atoms with Crippen LogP contribution in [0.25, 0.3) is 0 Å². The van der Waals surface area contributed by atoms with Gasteiger partial charge in [-0.05, 0) is 19.3 Å². The van der Waals surface area contributed by atoms with E-state index in [0.29, 0.717) is 19.3 Å².